The molecule has 0 radical (unpaired) electrons. The number of hydrogen-bond donors (Lipinski definition) is 2. The Hall–Kier alpha value is -4.32. The number of para-hydroxylation sites is 1. The Labute approximate surface area is 227 Å². The fourth-order valence-corrected chi connectivity index (χ4v) is 4.25. The lowest BCUT2D eigenvalue weighted by Gasteiger charge is -2.21. The number of pyridine rings is 1. The summed E-state index contributed by atoms with van der Waals surface area (Å²) in [6.07, 6.45) is -4.25. The van der Waals surface area contributed by atoms with Crippen molar-refractivity contribution in [3.05, 3.63) is 65.2 Å². The quantitative estimate of drug-likeness (QED) is 0.302. The zero-order valence-electron chi connectivity index (χ0n) is 21.8. The summed E-state index contributed by atoms with van der Waals surface area (Å²) in [7, 11) is 0. The van der Waals surface area contributed by atoms with Gasteiger partial charge in [-0.05, 0) is 43.7 Å². The van der Waals surface area contributed by atoms with Gasteiger partial charge >= 0.3 is 6.18 Å². The number of nitrogens with zero attached hydrogens (tertiary/aromatic N) is 2. The summed E-state index contributed by atoms with van der Waals surface area (Å²) < 4.78 is 63.4. The molecule has 1 unspecified atom stereocenters. The third kappa shape index (κ3) is 5.39. The van der Waals surface area contributed by atoms with Gasteiger partial charge in [-0.25, -0.2) is 9.97 Å². The van der Waals surface area contributed by atoms with Crippen LogP contribution in [0.5, 0.6) is 17.2 Å². The number of ether oxygens (including phenoxy) is 3. The first-order valence-corrected chi connectivity index (χ1v) is 12.7. The number of oxazole rings is 1. The number of carbonyl (C=O) groups excluding carboxylic acids is 1. The number of carbonyl (C=O) groups is 1. The SMILES string of the molecule is CCC(C)Oc1ccc(-c2nc(C(=O)NCc3cccc4c3OCCO4)c(CN)o2)c2ccc(C(F)(F)F)nc12. The molecule has 9 nitrogen and oxygen atoms in total. The topological polar surface area (TPSA) is 122 Å². The number of nitrogens with one attached hydrogen (secondary N) is 1. The standard InChI is InChI=1S/C28H27F3N4O5/c1-3-15(2)39-19-9-7-18(17-8-10-22(28(29,30)31)34-23(17)19)27-35-24(21(13-32)40-27)26(36)33-14-16-5-4-6-20-25(16)38-12-11-37-20/h4-10,15H,3,11-14,32H2,1-2H3,(H,33,36). The van der Waals surface area contributed by atoms with Crippen LogP contribution in [0.4, 0.5) is 13.2 Å². The van der Waals surface area contributed by atoms with Gasteiger partial charge in [0, 0.05) is 23.1 Å². The number of nitrogens with two attached hydrogens (primary N) is 1. The maximum Gasteiger partial charge on any atom is 0.433 e. The normalized spacial score (nSPS) is 13.8. The first-order valence-electron chi connectivity index (χ1n) is 12.7. The molecule has 0 spiro atoms. The van der Waals surface area contributed by atoms with Gasteiger partial charge in [-0.3, -0.25) is 4.79 Å². The first kappa shape index (κ1) is 27.3. The van der Waals surface area contributed by atoms with Crippen molar-refractivity contribution in [3.8, 4) is 28.7 Å². The molecule has 1 aliphatic rings. The van der Waals surface area contributed by atoms with Gasteiger partial charge in [-0.1, -0.05) is 19.1 Å². The fourth-order valence-electron chi connectivity index (χ4n) is 4.25. The minimum absolute atomic E-state index is 0.00203. The molecule has 40 heavy (non-hydrogen) atoms. The predicted octanol–water partition coefficient (Wildman–Crippen LogP) is 5.25. The van der Waals surface area contributed by atoms with Crippen molar-refractivity contribution in [2.24, 2.45) is 5.73 Å². The lowest BCUT2D eigenvalue weighted by Crippen LogP contribution is -2.25. The van der Waals surface area contributed by atoms with E-state index >= 15 is 0 Å². The molecule has 1 aliphatic heterocycles. The van der Waals surface area contributed by atoms with Gasteiger partial charge < -0.3 is 29.7 Å². The maximum atomic E-state index is 13.5. The molecule has 1 atom stereocenters. The second-order valence-corrected chi connectivity index (χ2v) is 9.16. The molecule has 0 saturated carbocycles. The summed E-state index contributed by atoms with van der Waals surface area (Å²) in [6.45, 7) is 4.55. The molecule has 0 saturated heterocycles. The minimum Gasteiger partial charge on any atom is -0.488 e. The highest BCUT2D eigenvalue weighted by atomic mass is 19.4. The average Bonchev–Trinajstić information content (AvgIpc) is 3.39. The fraction of sp³-hybridized carbons (Fsp3) is 0.321. The van der Waals surface area contributed by atoms with Crippen molar-refractivity contribution in [2.75, 3.05) is 13.2 Å². The zero-order chi connectivity index (χ0) is 28.4. The van der Waals surface area contributed by atoms with Crippen molar-refractivity contribution >= 4 is 16.8 Å². The van der Waals surface area contributed by atoms with E-state index < -0.39 is 17.8 Å². The molecule has 2 aromatic heterocycles. The molecule has 3 heterocycles. The van der Waals surface area contributed by atoms with Crippen LogP contribution in [0.3, 0.4) is 0 Å². The first-order chi connectivity index (χ1) is 19.2. The van der Waals surface area contributed by atoms with Gasteiger partial charge in [0.15, 0.2) is 23.0 Å². The van der Waals surface area contributed by atoms with Gasteiger partial charge in [-0.2, -0.15) is 13.2 Å². The van der Waals surface area contributed by atoms with Gasteiger partial charge in [0.25, 0.3) is 5.91 Å². The van der Waals surface area contributed by atoms with Crippen molar-refractivity contribution in [2.45, 2.75) is 45.6 Å². The van der Waals surface area contributed by atoms with Crippen LogP contribution in [0.15, 0.2) is 46.9 Å². The lowest BCUT2D eigenvalue weighted by molar-refractivity contribution is -0.140. The Bertz CT molecular complexity index is 1550. The number of alkyl halides is 3. The minimum atomic E-state index is -4.64. The summed E-state index contributed by atoms with van der Waals surface area (Å²) >= 11 is 0. The van der Waals surface area contributed by atoms with E-state index in [1.54, 1.807) is 18.2 Å². The smallest absolute Gasteiger partial charge is 0.433 e. The average molecular weight is 557 g/mol. The van der Waals surface area contributed by atoms with E-state index in [0.717, 1.165) is 11.6 Å². The molecule has 5 rings (SSSR count). The summed E-state index contributed by atoms with van der Waals surface area (Å²) in [4.78, 5) is 21.3. The van der Waals surface area contributed by atoms with Crippen molar-refractivity contribution < 1.29 is 36.6 Å². The largest absolute Gasteiger partial charge is 0.488 e. The van der Waals surface area contributed by atoms with Crippen LogP contribution in [0.25, 0.3) is 22.4 Å². The molecule has 2 aromatic carbocycles. The number of benzene rings is 2. The van der Waals surface area contributed by atoms with Crippen LogP contribution in [-0.4, -0.2) is 35.2 Å². The Morgan fingerprint density at radius 2 is 1.93 bits per heavy atom. The van der Waals surface area contributed by atoms with Crippen LogP contribution < -0.4 is 25.3 Å². The molecule has 0 bridgehead atoms. The second-order valence-electron chi connectivity index (χ2n) is 9.16. The predicted molar refractivity (Wildman–Crippen MR) is 139 cm³/mol. The number of amides is 1. The van der Waals surface area contributed by atoms with Gasteiger partial charge in [0.05, 0.1) is 12.6 Å². The number of aromatic nitrogens is 2. The van der Waals surface area contributed by atoms with E-state index in [2.05, 4.69) is 15.3 Å². The van der Waals surface area contributed by atoms with E-state index in [9.17, 15) is 18.0 Å². The lowest BCUT2D eigenvalue weighted by atomic mass is 10.1. The summed E-state index contributed by atoms with van der Waals surface area (Å²) in [5.74, 6) is 0.949. The van der Waals surface area contributed by atoms with Crippen LogP contribution >= 0.6 is 0 Å². The Balaban J connectivity index is 1.48. The van der Waals surface area contributed by atoms with E-state index in [1.165, 1.54) is 12.1 Å². The van der Waals surface area contributed by atoms with Crippen LogP contribution in [0.2, 0.25) is 0 Å². The maximum absolute atomic E-state index is 13.5. The molecule has 4 aromatic rings. The zero-order valence-corrected chi connectivity index (χ0v) is 21.8. The summed E-state index contributed by atoms with van der Waals surface area (Å²) in [6, 6.07) is 10.7. The second kappa shape index (κ2) is 11.0. The molecule has 210 valence electrons. The molecule has 1 amide bonds. The van der Waals surface area contributed by atoms with Crippen molar-refractivity contribution in [3.63, 3.8) is 0 Å². The molecule has 0 fully saturated rings. The van der Waals surface area contributed by atoms with Crippen molar-refractivity contribution in [1.82, 2.24) is 15.3 Å². The van der Waals surface area contributed by atoms with E-state index in [0.29, 0.717) is 42.1 Å². The van der Waals surface area contributed by atoms with Crippen LogP contribution in [-0.2, 0) is 19.3 Å². The third-order valence-electron chi connectivity index (χ3n) is 6.43. The highest BCUT2D eigenvalue weighted by Crippen LogP contribution is 2.38. The van der Waals surface area contributed by atoms with Crippen LogP contribution in [0.1, 0.15) is 47.8 Å². The highest BCUT2D eigenvalue weighted by molar-refractivity contribution is 5.98. The van der Waals surface area contributed by atoms with Gasteiger partial charge in [-0.15, -0.1) is 0 Å². The van der Waals surface area contributed by atoms with Crippen molar-refractivity contribution in [1.29, 1.82) is 0 Å². The van der Waals surface area contributed by atoms with E-state index in [1.807, 2.05) is 19.9 Å². The highest BCUT2D eigenvalue weighted by Gasteiger charge is 2.33. The summed E-state index contributed by atoms with van der Waals surface area (Å²) in [5.41, 5.74) is 5.81. The molecule has 3 N–H and O–H groups in total. The number of rotatable bonds is 8. The molecular formula is C28H27F3N4O5. The third-order valence-corrected chi connectivity index (χ3v) is 6.43. The molecule has 0 aliphatic carbocycles. The Morgan fingerprint density at radius 3 is 2.67 bits per heavy atom. The number of fused-ring (bicyclic) bond motifs is 2. The van der Waals surface area contributed by atoms with Crippen LogP contribution in [0, 0.1) is 0 Å². The molecule has 12 heteroatoms. The van der Waals surface area contributed by atoms with Gasteiger partial charge in [0.2, 0.25) is 5.89 Å². The monoisotopic (exact) mass is 556 g/mol. The Kier molecular flexibility index (Phi) is 7.53. The number of hydrogen-bond acceptors (Lipinski definition) is 8. The van der Waals surface area contributed by atoms with E-state index in [-0.39, 0.29) is 47.8 Å². The number of halogens is 3. The molecular weight excluding hydrogens is 529 g/mol. The van der Waals surface area contributed by atoms with Gasteiger partial charge in [0.1, 0.15) is 30.2 Å². The Morgan fingerprint density at radius 1 is 1.12 bits per heavy atom. The summed E-state index contributed by atoms with van der Waals surface area (Å²) in [5, 5.41) is 3.11. The van der Waals surface area contributed by atoms with E-state index in [4.69, 9.17) is 24.4 Å².